The third-order valence-electron chi connectivity index (χ3n) is 6.67. The highest BCUT2D eigenvalue weighted by Crippen LogP contribution is 2.21. The number of carbonyl (C=O) groups excluding carboxylic acids is 1. The summed E-state index contributed by atoms with van der Waals surface area (Å²) < 4.78 is 0. The lowest BCUT2D eigenvalue weighted by atomic mass is 10.0. The molecular formula is C34H35N3O. The average molecular weight is 502 g/mol. The molecule has 2 N–H and O–H groups in total. The van der Waals surface area contributed by atoms with Crippen LogP contribution in [0.25, 0.3) is 11.1 Å². The Labute approximate surface area is 226 Å². The zero-order chi connectivity index (χ0) is 26.6. The van der Waals surface area contributed by atoms with E-state index in [0.29, 0.717) is 24.2 Å². The van der Waals surface area contributed by atoms with Crippen molar-refractivity contribution in [3.05, 3.63) is 130 Å². The van der Waals surface area contributed by atoms with Crippen LogP contribution in [0.4, 0.5) is 0 Å². The number of unbranched alkanes of at least 4 members (excludes halogenated alkanes) is 2. The second-order valence-electron chi connectivity index (χ2n) is 9.65. The standard InChI is InChI=1S/C34H35N3O/c1-2-3-4-7-26-12-14-28(15-13-26)25-37-34(38)33-11-6-10-32(21-33)31-18-16-27(17-19-31)23-36-24-30-9-5-8-29(20-30)22-35/h5-6,8-21,36H,2-4,7,23-25H2,1H3,(H,37,38). The van der Waals surface area contributed by atoms with Gasteiger partial charge in [0.25, 0.3) is 5.91 Å². The number of nitriles is 1. The molecule has 4 nitrogen and oxygen atoms in total. The molecule has 0 aliphatic carbocycles. The van der Waals surface area contributed by atoms with Crippen LogP contribution < -0.4 is 10.6 Å². The van der Waals surface area contributed by atoms with Gasteiger partial charge in [-0.2, -0.15) is 5.26 Å². The van der Waals surface area contributed by atoms with Gasteiger partial charge in [0.05, 0.1) is 11.6 Å². The molecule has 0 fully saturated rings. The van der Waals surface area contributed by atoms with Gasteiger partial charge in [0, 0.05) is 25.2 Å². The first-order valence-electron chi connectivity index (χ1n) is 13.4. The van der Waals surface area contributed by atoms with E-state index in [9.17, 15) is 4.79 Å². The largest absolute Gasteiger partial charge is 0.348 e. The maximum atomic E-state index is 12.8. The van der Waals surface area contributed by atoms with Crippen LogP contribution in [0.15, 0.2) is 97.1 Å². The van der Waals surface area contributed by atoms with Crippen molar-refractivity contribution in [2.45, 2.75) is 52.2 Å². The molecule has 4 rings (SSSR count). The van der Waals surface area contributed by atoms with Gasteiger partial charge >= 0.3 is 0 Å². The van der Waals surface area contributed by atoms with E-state index in [0.717, 1.165) is 35.2 Å². The highest BCUT2D eigenvalue weighted by molar-refractivity contribution is 5.95. The van der Waals surface area contributed by atoms with Crippen LogP contribution in [0.2, 0.25) is 0 Å². The van der Waals surface area contributed by atoms with E-state index in [1.807, 2.05) is 48.5 Å². The Hall–Kier alpha value is -4.20. The molecule has 0 aliphatic rings. The maximum absolute atomic E-state index is 12.8. The number of nitrogens with one attached hydrogen (secondary N) is 2. The number of benzene rings is 4. The van der Waals surface area contributed by atoms with Gasteiger partial charge in [-0.15, -0.1) is 0 Å². The van der Waals surface area contributed by atoms with Crippen molar-refractivity contribution in [1.29, 1.82) is 5.26 Å². The monoisotopic (exact) mass is 501 g/mol. The molecular weight excluding hydrogens is 466 g/mol. The highest BCUT2D eigenvalue weighted by Gasteiger charge is 2.08. The van der Waals surface area contributed by atoms with Crippen LogP contribution in [0.5, 0.6) is 0 Å². The first-order valence-corrected chi connectivity index (χ1v) is 13.4. The summed E-state index contributed by atoms with van der Waals surface area (Å²) in [7, 11) is 0. The zero-order valence-electron chi connectivity index (χ0n) is 22.0. The number of hydrogen-bond donors (Lipinski definition) is 2. The topological polar surface area (TPSA) is 64.9 Å². The number of hydrogen-bond acceptors (Lipinski definition) is 3. The highest BCUT2D eigenvalue weighted by atomic mass is 16.1. The van der Waals surface area contributed by atoms with Crippen LogP contribution in [-0.4, -0.2) is 5.91 Å². The summed E-state index contributed by atoms with van der Waals surface area (Å²) in [5.41, 5.74) is 8.15. The molecule has 0 heterocycles. The van der Waals surface area contributed by atoms with Crippen molar-refractivity contribution in [2.75, 3.05) is 0 Å². The lowest BCUT2D eigenvalue weighted by Crippen LogP contribution is -2.22. The minimum Gasteiger partial charge on any atom is -0.348 e. The minimum atomic E-state index is -0.0693. The zero-order valence-corrected chi connectivity index (χ0v) is 22.0. The van der Waals surface area contributed by atoms with Gasteiger partial charge in [-0.1, -0.05) is 92.6 Å². The normalized spacial score (nSPS) is 10.6. The minimum absolute atomic E-state index is 0.0693. The molecule has 0 spiro atoms. The van der Waals surface area contributed by atoms with Crippen molar-refractivity contribution in [3.63, 3.8) is 0 Å². The Bertz CT molecular complexity index is 1370. The molecule has 0 aromatic heterocycles. The number of rotatable bonds is 12. The van der Waals surface area contributed by atoms with E-state index in [1.165, 1.54) is 30.4 Å². The van der Waals surface area contributed by atoms with E-state index in [2.05, 4.69) is 72.2 Å². The van der Waals surface area contributed by atoms with Gasteiger partial charge < -0.3 is 10.6 Å². The van der Waals surface area contributed by atoms with E-state index in [-0.39, 0.29) is 5.91 Å². The molecule has 0 saturated carbocycles. The van der Waals surface area contributed by atoms with E-state index < -0.39 is 0 Å². The fourth-order valence-electron chi connectivity index (χ4n) is 4.44. The van der Waals surface area contributed by atoms with Crippen molar-refractivity contribution in [2.24, 2.45) is 0 Å². The number of aryl methyl sites for hydroxylation is 1. The quantitative estimate of drug-likeness (QED) is 0.202. The summed E-state index contributed by atoms with van der Waals surface area (Å²) in [6.45, 7) is 4.18. The van der Waals surface area contributed by atoms with Crippen molar-refractivity contribution in [1.82, 2.24) is 10.6 Å². The molecule has 1 amide bonds. The number of amides is 1. The fourth-order valence-corrected chi connectivity index (χ4v) is 4.44. The van der Waals surface area contributed by atoms with Gasteiger partial charge in [-0.25, -0.2) is 0 Å². The van der Waals surface area contributed by atoms with Crippen LogP contribution in [0, 0.1) is 11.3 Å². The van der Waals surface area contributed by atoms with Crippen molar-refractivity contribution >= 4 is 5.91 Å². The number of nitrogens with zero attached hydrogens (tertiary/aromatic N) is 1. The summed E-state index contributed by atoms with van der Waals surface area (Å²) in [5.74, 6) is -0.0693. The maximum Gasteiger partial charge on any atom is 0.251 e. The lowest BCUT2D eigenvalue weighted by molar-refractivity contribution is 0.0951. The molecule has 0 bridgehead atoms. The molecule has 0 saturated heterocycles. The second-order valence-corrected chi connectivity index (χ2v) is 9.65. The molecule has 4 heteroatoms. The first-order chi connectivity index (χ1) is 18.6. The summed E-state index contributed by atoms with van der Waals surface area (Å²) in [6, 6.07) is 34.5. The van der Waals surface area contributed by atoms with Gasteiger partial charge in [0.2, 0.25) is 0 Å². The predicted octanol–water partition coefficient (Wildman–Crippen LogP) is 7.18. The molecule has 0 atom stereocenters. The SMILES string of the molecule is CCCCCc1ccc(CNC(=O)c2cccc(-c3ccc(CNCc4cccc(C#N)c4)cc3)c2)cc1. The van der Waals surface area contributed by atoms with Crippen LogP contribution in [0.3, 0.4) is 0 Å². The Morgan fingerprint density at radius 1 is 0.711 bits per heavy atom. The Morgan fingerprint density at radius 2 is 1.39 bits per heavy atom. The summed E-state index contributed by atoms with van der Waals surface area (Å²) >= 11 is 0. The Balaban J connectivity index is 1.29. The molecule has 4 aromatic rings. The van der Waals surface area contributed by atoms with Crippen molar-refractivity contribution < 1.29 is 4.79 Å². The van der Waals surface area contributed by atoms with Crippen LogP contribution >= 0.6 is 0 Å². The molecule has 0 unspecified atom stereocenters. The molecule has 38 heavy (non-hydrogen) atoms. The second kappa shape index (κ2) is 13.9. The molecule has 4 aromatic carbocycles. The molecule has 0 radical (unpaired) electrons. The first kappa shape index (κ1) is 26.9. The molecule has 192 valence electrons. The Morgan fingerprint density at radius 3 is 2.16 bits per heavy atom. The third-order valence-corrected chi connectivity index (χ3v) is 6.67. The van der Waals surface area contributed by atoms with E-state index in [4.69, 9.17) is 5.26 Å². The van der Waals surface area contributed by atoms with Gasteiger partial charge in [-0.05, 0) is 70.5 Å². The smallest absolute Gasteiger partial charge is 0.251 e. The van der Waals surface area contributed by atoms with E-state index in [1.54, 1.807) is 0 Å². The average Bonchev–Trinajstić information content (AvgIpc) is 2.97. The van der Waals surface area contributed by atoms with Gasteiger partial charge in [-0.3, -0.25) is 4.79 Å². The van der Waals surface area contributed by atoms with Crippen LogP contribution in [-0.2, 0) is 26.1 Å². The van der Waals surface area contributed by atoms with Gasteiger partial charge in [0.1, 0.15) is 0 Å². The number of carbonyl (C=O) groups is 1. The molecule has 0 aliphatic heterocycles. The van der Waals surface area contributed by atoms with Crippen LogP contribution in [0.1, 0.15) is 64.4 Å². The third kappa shape index (κ3) is 7.90. The van der Waals surface area contributed by atoms with Gasteiger partial charge in [0.15, 0.2) is 0 Å². The lowest BCUT2D eigenvalue weighted by Gasteiger charge is -2.09. The van der Waals surface area contributed by atoms with E-state index >= 15 is 0 Å². The summed E-state index contributed by atoms with van der Waals surface area (Å²) in [4.78, 5) is 12.8. The predicted molar refractivity (Wildman–Crippen MR) is 154 cm³/mol. The summed E-state index contributed by atoms with van der Waals surface area (Å²) in [6.07, 6.45) is 4.83. The van der Waals surface area contributed by atoms with Crippen molar-refractivity contribution in [3.8, 4) is 17.2 Å². The summed E-state index contributed by atoms with van der Waals surface area (Å²) in [5, 5.41) is 15.5. The Kier molecular flexibility index (Phi) is 9.84. The fraction of sp³-hybridized carbons (Fsp3) is 0.235.